The van der Waals surface area contributed by atoms with E-state index in [4.69, 9.17) is 10.2 Å². The summed E-state index contributed by atoms with van der Waals surface area (Å²) in [6.45, 7) is 0. The van der Waals surface area contributed by atoms with E-state index >= 15 is 0 Å². The topological polar surface area (TPSA) is 119 Å². The van der Waals surface area contributed by atoms with E-state index in [9.17, 15) is 14.4 Å². The number of para-hydroxylation sites is 2. The highest BCUT2D eigenvalue weighted by Crippen LogP contribution is 2.23. The zero-order chi connectivity index (χ0) is 16.0. The van der Waals surface area contributed by atoms with Crippen LogP contribution in [0.1, 0.15) is 6.42 Å². The van der Waals surface area contributed by atoms with Crippen molar-refractivity contribution in [3.05, 3.63) is 24.3 Å². The minimum absolute atomic E-state index is 0.486. The number of nitrogens with one attached hydrogen (secondary N) is 2. The summed E-state index contributed by atoms with van der Waals surface area (Å²) < 4.78 is 0. The van der Waals surface area contributed by atoms with E-state index in [0.717, 1.165) is 5.69 Å². The van der Waals surface area contributed by atoms with Crippen molar-refractivity contribution in [2.45, 2.75) is 12.5 Å². The Labute approximate surface area is 121 Å². The highest BCUT2D eigenvalue weighted by atomic mass is 16.4. The van der Waals surface area contributed by atoms with Gasteiger partial charge in [0.15, 0.2) is 0 Å². The third-order valence-electron chi connectivity index (χ3n) is 2.62. The van der Waals surface area contributed by atoms with E-state index in [0.29, 0.717) is 5.69 Å². The molecule has 0 saturated heterocycles. The fraction of sp³-hybridized carbons (Fsp3) is 0.308. The molecular weight excluding hydrogens is 278 g/mol. The number of carbonyl (C=O) groups is 3. The summed E-state index contributed by atoms with van der Waals surface area (Å²) in [6.07, 6.45) is -0.696. The molecular formula is C13H17N3O5. The van der Waals surface area contributed by atoms with Gasteiger partial charge in [0.2, 0.25) is 0 Å². The first-order chi connectivity index (χ1) is 9.81. The molecule has 0 heterocycles. The first-order valence-corrected chi connectivity index (χ1v) is 6.09. The second-order valence-electron chi connectivity index (χ2n) is 4.50. The monoisotopic (exact) mass is 295 g/mol. The molecule has 2 amide bonds. The average molecular weight is 295 g/mol. The van der Waals surface area contributed by atoms with Crippen LogP contribution in [0.15, 0.2) is 24.3 Å². The summed E-state index contributed by atoms with van der Waals surface area (Å²) in [5, 5.41) is 22.1. The lowest BCUT2D eigenvalue weighted by molar-refractivity contribution is -0.145. The van der Waals surface area contributed by atoms with E-state index in [2.05, 4.69) is 10.6 Å². The number of rotatable bonds is 6. The molecule has 8 nitrogen and oxygen atoms in total. The van der Waals surface area contributed by atoms with Gasteiger partial charge in [-0.1, -0.05) is 12.1 Å². The second kappa shape index (κ2) is 7.13. The highest BCUT2D eigenvalue weighted by molar-refractivity contribution is 5.96. The molecule has 0 aliphatic rings. The van der Waals surface area contributed by atoms with Crippen molar-refractivity contribution in [2.75, 3.05) is 24.3 Å². The lowest BCUT2D eigenvalue weighted by atomic mass is 10.2. The Morgan fingerprint density at radius 3 is 2.33 bits per heavy atom. The summed E-state index contributed by atoms with van der Waals surface area (Å²) in [6, 6.07) is 4.67. The minimum Gasteiger partial charge on any atom is -0.481 e. The quantitative estimate of drug-likeness (QED) is 0.616. The Morgan fingerprint density at radius 2 is 1.81 bits per heavy atom. The molecule has 4 N–H and O–H groups in total. The summed E-state index contributed by atoms with van der Waals surface area (Å²) in [5.41, 5.74) is 1.22. The second-order valence-corrected chi connectivity index (χ2v) is 4.50. The normalized spacial score (nSPS) is 11.3. The van der Waals surface area contributed by atoms with Gasteiger partial charge in [0.05, 0.1) is 17.8 Å². The van der Waals surface area contributed by atoms with E-state index in [1.54, 1.807) is 43.3 Å². The predicted molar refractivity (Wildman–Crippen MR) is 76.6 cm³/mol. The van der Waals surface area contributed by atoms with Gasteiger partial charge < -0.3 is 25.7 Å². The van der Waals surface area contributed by atoms with Crippen LogP contribution in [0.5, 0.6) is 0 Å². The number of hydrogen-bond acceptors (Lipinski definition) is 4. The summed E-state index contributed by atoms with van der Waals surface area (Å²) >= 11 is 0. The fourth-order valence-corrected chi connectivity index (χ4v) is 1.66. The Morgan fingerprint density at radius 1 is 1.19 bits per heavy atom. The van der Waals surface area contributed by atoms with Crippen molar-refractivity contribution in [2.24, 2.45) is 0 Å². The molecule has 0 aliphatic heterocycles. The van der Waals surface area contributed by atoms with Gasteiger partial charge in [0, 0.05) is 14.1 Å². The Bertz CT molecular complexity index is 544. The Balaban J connectivity index is 2.77. The molecule has 0 bridgehead atoms. The largest absolute Gasteiger partial charge is 0.481 e. The molecule has 114 valence electrons. The van der Waals surface area contributed by atoms with Gasteiger partial charge in [-0.25, -0.2) is 9.59 Å². The molecule has 1 aromatic carbocycles. The molecule has 1 aromatic rings. The van der Waals surface area contributed by atoms with Gasteiger partial charge in [0.1, 0.15) is 6.04 Å². The van der Waals surface area contributed by atoms with Crippen molar-refractivity contribution in [3.63, 3.8) is 0 Å². The van der Waals surface area contributed by atoms with Crippen LogP contribution in [0, 0.1) is 0 Å². The first kappa shape index (κ1) is 16.3. The van der Waals surface area contributed by atoms with Crippen LogP contribution in [0.2, 0.25) is 0 Å². The molecule has 1 rings (SSSR count). The maximum absolute atomic E-state index is 11.8. The molecule has 8 heteroatoms. The van der Waals surface area contributed by atoms with Gasteiger partial charge in [-0.15, -0.1) is 0 Å². The average Bonchev–Trinajstić information content (AvgIpc) is 2.37. The number of benzene rings is 1. The predicted octanol–water partition coefficient (Wildman–Crippen LogP) is 0.802. The van der Waals surface area contributed by atoms with Gasteiger partial charge >= 0.3 is 18.0 Å². The number of carboxylic acids is 2. The van der Waals surface area contributed by atoms with Gasteiger partial charge in [-0.3, -0.25) is 4.79 Å². The standard InChI is InChI=1S/C13H17N3O5/c1-16(2)10-6-4-3-5-8(10)14-13(21)15-9(12(19)20)7-11(17)18/h3-6,9H,7H2,1-2H3,(H,17,18)(H,19,20)(H2,14,15,21). The maximum atomic E-state index is 11.8. The van der Waals surface area contributed by atoms with Gasteiger partial charge in [-0.2, -0.15) is 0 Å². The molecule has 0 fully saturated rings. The molecule has 0 aromatic heterocycles. The number of carboxylic acid groups (broad SMARTS) is 2. The number of amides is 2. The molecule has 0 radical (unpaired) electrons. The van der Waals surface area contributed by atoms with E-state index in [1.807, 2.05) is 0 Å². The third kappa shape index (κ3) is 5.01. The third-order valence-corrected chi connectivity index (χ3v) is 2.62. The molecule has 0 aliphatic carbocycles. The molecule has 0 saturated carbocycles. The first-order valence-electron chi connectivity index (χ1n) is 6.09. The summed E-state index contributed by atoms with van der Waals surface area (Å²) in [4.78, 5) is 35.0. The van der Waals surface area contributed by atoms with Crippen molar-refractivity contribution in [3.8, 4) is 0 Å². The molecule has 21 heavy (non-hydrogen) atoms. The lowest BCUT2D eigenvalue weighted by Crippen LogP contribution is -2.44. The van der Waals surface area contributed by atoms with Crippen molar-refractivity contribution in [1.29, 1.82) is 0 Å². The highest BCUT2D eigenvalue weighted by Gasteiger charge is 2.23. The number of anilines is 2. The number of carbonyl (C=O) groups excluding carboxylic acids is 1. The number of hydrogen-bond donors (Lipinski definition) is 4. The fourth-order valence-electron chi connectivity index (χ4n) is 1.66. The van der Waals surface area contributed by atoms with Crippen molar-refractivity contribution in [1.82, 2.24) is 5.32 Å². The lowest BCUT2D eigenvalue weighted by Gasteiger charge is -2.19. The van der Waals surface area contributed by atoms with Crippen LogP contribution < -0.4 is 15.5 Å². The van der Waals surface area contributed by atoms with Crippen LogP contribution in [0.4, 0.5) is 16.2 Å². The van der Waals surface area contributed by atoms with E-state index in [1.165, 1.54) is 0 Å². The van der Waals surface area contributed by atoms with Crippen molar-refractivity contribution >= 4 is 29.3 Å². The SMILES string of the molecule is CN(C)c1ccccc1NC(=O)NC(CC(=O)O)C(=O)O. The molecule has 1 unspecified atom stereocenters. The number of nitrogens with zero attached hydrogens (tertiary/aromatic N) is 1. The van der Waals surface area contributed by atoms with Crippen LogP contribution in [-0.2, 0) is 9.59 Å². The van der Waals surface area contributed by atoms with Crippen LogP contribution in [0.3, 0.4) is 0 Å². The molecule has 1 atom stereocenters. The van der Waals surface area contributed by atoms with Crippen molar-refractivity contribution < 1.29 is 24.6 Å². The molecule has 0 spiro atoms. The maximum Gasteiger partial charge on any atom is 0.326 e. The number of aliphatic carboxylic acids is 2. The minimum atomic E-state index is -1.49. The summed E-state index contributed by atoms with van der Waals surface area (Å²) in [5.74, 6) is -2.72. The van der Waals surface area contributed by atoms with Gasteiger partial charge in [-0.05, 0) is 12.1 Å². The zero-order valence-corrected chi connectivity index (χ0v) is 11.7. The van der Waals surface area contributed by atoms with Crippen LogP contribution in [-0.4, -0.2) is 48.3 Å². The zero-order valence-electron chi connectivity index (χ0n) is 11.7. The number of urea groups is 1. The van der Waals surface area contributed by atoms with E-state index in [-0.39, 0.29) is 0 Å². The van der Waals surface area contributed by atoms with Crippen LogP contribution >= 0.6 is 0 Å². The van der Waals surface area contributed by atoms with Crippen LogP contribution in [0.25, 0.3) is 0 Å². The summed E-state index contributed by atoms with van der Waals surface area (Å²) in [7, 11) is 3.59. The Kier molecular flexibility index (Phi) is 5.53. The smallest absolute Gasteiger partial charge is 0.326 e. The van der Waals surface area contributed by atoms with E-state index < -0.39 is 30.4 Å². The van der Waals surface area contributed by atoms with Gasteiger partial charge in [0.25, 0.3) is 0 Å². The Hall–Kier alpha value is -2.77.